The zero-order valence-corrected chi connectivity index (χ0v) is 26.0. The van der Waals surface area contributed by atoms with Crippen molar-refractivity contribution in [1.29, 1.82) is 0 Å². The zero-order valence-electron chi connectivity index (χ0n) is 25.2. The number of hydrogen-bond acceptors (Lipinski definition) is 4. The second kappa shape index (κ2) is 22.9. The molecule has 2 rings (SSSR count). The minimum Gasteiger partial charge on any atom is -0.445 e. The van der Waals surface area contributed by atoms with Gasteiger partial charge in [-0.1, -0.05) is 144 Å². The highest BCUT2D eigenvalue weighted by molar-refractivity contribution is 7.80. The maximum absolute atomic E-state index is 13.1. The summed E-state index contributed by atoms with van der Waals surface area (Å²) in [4.78, 5) is 26.5. The second-order valence-corrected chi connectivity index (χ2v) is 11.5. The van der Waals surface area contributed by atoms with Gasteiger partial charge < -0.3 is 15.4 Å². The lowest BCUT2D eigenvalue weighted by Crippen LogP contribution is -2.42. The van der Waals surface area contributed by atoms with E-state index in [4.69, 9.17) is 17.0 Å². The van der Waals surface area contributed by atoms with Crippen LogP contribution in [0.3, 0.4) is 0 Å². The van der Waals surface area contributed by atoms with Gasteiger partial charge in [-0.25, -0.2) is 4.79 Å². The van der Waals surface area contributed by atoms with E-state index in [0.29, 0.717) is 6.42 Å². The average Bonchev–Trinajstić information content (AvgIpc) is 2.99. The highest BCUT2D eigenvalue weighted by atomic mass is 32.1. The Labute approximate surface area is 254 Å². The zero-order chi connectivity index (χ0) is 29.4. The van der Waals surface area contributed by atoms with Crippen molar-refractivity contribution < 1.29 is 14.3 Å². The molecule has 1 unspecified atom stereocenters. The summed E-state index contributed by atoms with van der Waals surface area (Å²) in [5, 5.41) is 6.19. The lowest BCUT2D eigenvalue weighted by atomic mass is 9.99. The number of Topliss-reactive ketones (excluding diaryl/α,β-unsaturated/α-hetero) is 1. The van der Waals surface area contributed by atoms with E-state index in [9.17, 15) is 9.59 Å². The van der Waals surface area contributed by atoms with Crippen LogP contribution in [0.5, 0.6) is 0 Å². The maximum atomic E-state index is 13.1. The molecule has 0 heterocycles. The number of alkyl carbamates (subject to hydrolysis) is 1. The number of ether oxygens (including phenoxy) is 1. The largest absolute Gasteiger partial charge is 0.445 e. The van der Waals surface area contributed by atoms with Crippen molar-refractivity contribution >= 4 is 29.1 Å². The number of unbranched alkanes of at least 4 members (excludes halogenated alkanes) is 11. The normalized spacial score (nSPS) is 11.5. The molecule has 0 saturated carbocycles. The van der Waals surface area contributed by atoms with Crippen molar-refractivity contribution in [2.45, 2.75) is 122 Å². The van der Waals surface area contributed by atoms with E-state index in [2.05, 4.69) is 17.6 Å². The fourth-order valence-electron chi connectivity index (χ4n) is 4.88. The Kier molecular flexibility index (Phi) is 19.3. The summed E-state index contributed by atoms with van der Waals surface area (Å²) in [5.74, 6) is -0.00664. The van der Waals surface area contributed by atoms with Gasteiger partial charge in [-0.3, -0.25) is 4.79 Å². The third-order valence-electron chi connectivity index (χ3n) is 7.36. The number of rotatable bonds is 23. The van der Waals surface area contributed by atoms with Crippen molar-refractivity contribution in [3.05, 3.63) is 71.8 Å². The SMILES string of the molecule is CCCCCCCCCCCCCC(=S)NCCCCC(NC(=O)OCc1ccccc1)C(=O)Cc1ccccc1. The first kappa shape index (κ1) is 34.5. The molecule has 0 bridgehead atoms. The lowest BCUT2D eigenvalue weighted by Gasteiger charge is -2.18. The van der Waals surface area contributed by atoms with Gasteiger partial charge >= 0.3 is 6.09 Å². The number of carbonyl (C=O) groups is 2. The minimum atomic E-state index is -0.582. The fourth-order valence-corrected chi connectivity index (χ4v) is 5.13. The summed E-state index contributed by atoms with van der Waals surface area (Å²) < 4.78 is 5.38. The van der Waals surface area contributed by atoms with Gasteiger partial charge in [-0.15, -0.1) is 0 Å². The van der Waals surface area contributed by atoms with E-state index in [0.717, 1.165) is 48.3 Å². The van der Waals surface area contributed by atoms with Crippen molar-refractivity contribution in [3.63, 3.8) is 0 Å². The Morgan fingerprint density at radius 2 is 1.29 bits per heavy atom. The number of hydrogen-bond donors (Lipinski definition) is 2. The molecule has 2 aromatic carbocycles. The van der Waals surface area contributed by atoms with Crippen LogP contribution < -0.4 is 10.6 Å². The van der Waals surface area contributed by atoms with Crippen LogP contribution in [-0.2, 0) is 22.6 Å². The summed E-state index contributed by atoms with van der Waals surface area (Å²) in [6.45, 7) is 3.23. The Bertz CT molecular complexity index is 968. The van der Waals surface area contributed by atoms with Crippen LogP contribution in [0.1, 0.15) is 114 Å². The van der Waals surface area contributed by atoms with Gasteiger partial charge in [-0.05, 0) is 43.2 Å². The van der Waals surface area contributed by atoms with Gasteiger partial charge in [-0.2, -0.15) is 0 Å². The van der Waals surface area contributed by atoms with Crippen LogP contribution in [0, 0.1) is 0 Å². The topological polar surface area (TPSA) is 67.4 Å². The van der Waals surface area contributed by atoms with Gasteiger partial charge in [0.15, 0.2) is 5.78 Å². The predicted molar refractivity (Wildman–Crippen MR) is 174 cm³/mol. The third kappa shape index (κ3) is 17.6. The monoisotopic (exact) mass is 580 g/mol. The van der Waals surface area contributed by atoms with Crippen LogP contribution in [0.4, 0.5) is 4.79 Å². The molecule has 2 aromatic rings. The molecule has 2 N–H and O–H groups in total. The fraction of sp³-hybridized carbons (Fsp3) is 0.571. The molecular weight excluding hydrogens is 528 g/mol. The standard InChI is InChI=1S/C35H52N2O3S/c1-2-3-4-5-6-7-8-9-10-11-18-26-34(41)36-27-20-19-25-32(33(38)28-30-21-14-12-15-22-30)37-35(39)40-29-31-23-16-13-17-24-31/h12-17,21-24,32H,2-11,18-20,25-29H2,1H3,(H,36,41)(H,37,39). The van der Waals surface area contributed by atoms with Crippen LogP contribution in [0.15, 0.2) is 60.7 Å². The Balaban J connectivity index is 1.61. The van der Waals surface area contributed by atoms with Crippen LogP contribution in [0.25, 0.3) is 0 Å². The molecule has 41 heavy (non-hydrogen) atoms. The molecule has 0 fully saturated rings. The number of thiocarbonyl (C=S) groups is 1. The maximum Gasteiger partial charge on any atom is 0.408 e. The molecule has 0 aliphatic rings. The smallest absolute Gasteiger partial charge is 0.408 e. The predicted octanol–water partition coefficient (Wildman–Crippen LogP) is 8.88. The van der Waals surface area contributed by atoms with E-state index < -0.39 is 12.1 Å². The Morgan fingerprint density at radius 1 is 0.732 bits per heavy atom. The first-order valence-corrected chi connectivity index (χ1v) is 16.3. The Hall–Kier alpha value is -2.73. The molecule has 0 radical (unpaired) electrons. The van der Waals surface area contributed by atoms with Gasteiger partial charge in [0, 0.05) is 13.0 Å². The van der Waals surface area contributed by atoms with Crippen LogP contribution in [0.2, 0.25) is 0 Å². The lowest BCUT2D eigenvalue weighted by molar-refractivity contribution is -0.120. The summed E-state index contributed by atoms with van der Waals surface area (Å²) in [6.07, 6.45) is 17.6. The molecule has 0 aliphatic carbocycles. The van der Waals surface area contributed by atoms with Crippen LogP contribution >= 0.6 is 12.2 Å². The van der Waals surface area contributed by atoms with Crippen molar-refractivity contribution in [3.8, 4) is 0 Å². The average molecular weight is 581 g/mol. The summed E-state index contributed by atoms with van der Waals surface area (Å²) in [5.41, 5.74) is 1.85. The number of carbonyl (C=O) groups excluding carboxylic acids is 2. The van der Waals surface area contributed by atoms with E-state index in [1.807, 2.05) is 60.7 Å². The molecule has 0 spiro atoms. The summed E-state index contributed by atoms with van der Waals surface area (Å²) >= 11 is 5.53. The van der Waals surface area contributed by atoms with E-state index >= 15 is 0 Å². The molecule has 1 amide bonds. The molecule has 0 aliphatic heterocycles. The molecule has 226 valence electrons. The third-order valence-corrected chi connectivity index (χ3v) is 7.71. The number of nitrogens with one attached hydrogen (secondary N) is 2. The first-order chi connectivity index (χ1) is 20.1. The number of benzene rings is 2. The molecular formula is C35H52N2O3S. The van der Waals surface area contributed by atoms with Gasteiger partial charge in [0.25, 0.3) is 0 Å². The van der Waals surface area contributed by atoms with E-state index in [1.54, 1.807) is 0 Å². The van der Waals surface area contributed by atoms with Crippen molar-refractivity contribution in [2.24, 2.45) is 0 Å². The number of ketones is 1. The quantitative estimate of drug-likeness (QED) is 0.101. The molecule has 6 heteroatoms. The van der Waals surface area contributed by atoms with Gasteiger partial charge in [0.05, 0.1) is 11.0 Å². The molecule has 0 aromatic heterocycles. The molecule has 1 atom stereocenters. The van der Waals surface area contributed by atoms with Crippen molar-refractivity contribution in [2.75, 3.05) is 6.54 Å². The van der Waals surface area contributed by atoms with Gasteiger partial charge in [0.2, 0.25) is 0 Å². The van der Waals surface area contributed by atoms with Crippen LogP contribution in [-0.4, -0.2) is 29.5 Å². The van der Waals surface area contributed by atoms with Crippen molar-refractivity contribution in [1.82, 2.24) is 10.6 Å². The Morgan fingerprint density at radius 3 is 1.90 bits per heavy atom. The highest BCUT2D eigenvalue weighted by Gasteiger charge is 2.21. The second-order valence-electron chi connectivity index (χ2n) is 11.0. The van der Waals surface area contributed by atoms with Gasteiger partial charge in [0.1, 0.15) is 6.61 Å². The molecule has 0 saturated heterocycles. The van der Waals surface area contributed by atoms with E-state index in [1.165, 1.54) is 64.2 Å². The highest BCUT2D eigenvalue weighted by Crippen LogP contribution is 2.13. The summed E-state index contributed by atoms with van der Waals surface area (Å²) in [6, 6.07) is 18.6. The molecule has 5 nitrogen and oxygen atoms in total. The first-order valence-electron chi connectivity index (χ1n) is 15.9. The summed E-state index contributed by atoms with van der Waals surface area (Å²) in [7, 11) is 0. The van der Waals surface area contributed by atoms with E-state index in [-0.39, 0.29) is 18.8 Å². The minimum absolute atomic E-state index is 0.00664. The number of amides is 1.